The molecule has 17 heavy (non-hydrogen) atoms. The number of amides is 1. The van der Waals surface area contributed by atoms with Crippen LogP contribution in [0.4, 0.5) is 0 Å². The van der Waals surface area contributed by atoms with Crippen LogP contribution in [0, 0.1) is 0 Å². The second-order valence-electron chi connectivity index (χ2n) is 4.68. The number of likely N-dealkylation sites (tertiary alicyclic amines) is 1. The molecule has 0 unspecified atom stereocenters. The molecule has 92 valence electrons. The normalized spacial score (nSPS) is 17.8. The number of piperidine rings is 1. The lowest BCUT2D eigenvalue weighted by Crippen LogP contribution is -2.46. The Morgan fingerprint density at radius 2 is 1.82 bits per heavy atom. The molecule has 1 aromatic carbocycles. The minimum Gasteiger partial charge on any atom is -0.341 e. The van der Waals surface area contributed by atoms with E-state index in [2.05, 4.69) is 0 Å². The first-order valence-electron chi connectivity index (χ1n) is 6.35. The third-order valence-electron chi connectivity index (χ3n) is 3.28. The lowest BCUT2D eigenvalue weighted by Gasteiger charge is -2.29. The lowest BCUT2D eigenvalue weighted by atomic mass is 10.0. The Morgan fingerprint density at radius 3 is 2.47 bits per heavy atom. The van der Waals surface area contributed by atoms with Crippen LogP contribution in [0.3, 0.4) is 0 Å². The molecule has 0 radical (unpaired) electrons. The SMILES string of the molecule is N[C@H](Cc1ccccc1)C(=O)N1CCCCC1. The van der Waals surface area contributed by atoms with Crippen LogP contribution in [-0.4, -0.2) is 29.9 Å². The van der Waals surface area contributed by atoms with Crippen LogP contribution in [0.1, 0.15) is 24.8 Å². The van der Waals surface area contributed by atoms with Crippen molar-refractivity contribution in [3.63, 3.8) is 0 Å². The molecular formula is C14H20N2O. The fourth-order valence-electron chi connectivity index (χ4n) is 2.30. The summed E-state index contributed by atoms with van der Waals surface area (Å²) in [6.07, 6.45) is 4.10. The summed E-state index contributed by atoms with van der Waals surface area (Å²) < 4.78 is 0. The quantitative estimate of drug-likeness (QED) is 0.860. The second-order valence-corrected chi connectivity index (χ2v) is 4.68. The maximum atomic E-state index is 12.1. The summed E-state index contributed by atoms with van der Waals surface area (Å²) in [4.78, 5) is 14.0. The molecule has 1 aromatic rings. The highest BCUT2D eigenvalue weighted by Gasteiger charge is 2.22. The molecule has 1 atom stereocenters. The zero-order chi connectivity index (χ0) is 12.1. The Labute approximate surface area is 103 Å². The predicted octanol–water partition coefficient (Wildman–Crippen LogP) is 1.57. The molecule has 2 rings (SSSR count). The van der Waals surface area contributed by atoms with Gasteiger partial charge in [-0.05, 0) is 31.2 Å². The fourth-order valence-corrected chi connectivity index (χ4v) is 2.30. The molecular weight excluding hydrogens is 212 g/mol. The summed E-state index contributed by atoms with van der Waals surface area (Å²) in [6, 6.07) is 9.57. The fraction of sp³-hybridized carbons (Fsp3) is 0.500. The number of benzene rings is 1. The summed E-state index contributed by atoms with van der Waals surface area (Å²) in [6.45, 7) is 1.75. The van der Waals surface area contributed by atoms with Crippen LogP contribution in [0.25, 0.3) is 0 Å². The molecule has 1 amide bonds. The van der Waals surface area contributed by atoms with Crippen molar-refractivity contribution in [2.45, 2.75) is 31.7 Å². The van der Waals surface area contributed by atoms with E-state index in [0.717, 1.165) is 31.5 Å². The zero-order valence-electron chi connectivity index (χ0n) is 10.1. The minimum atomic E-state index is -0.393. The van der Waals surface area contributed by atoms with Gasteiger partial charge in [0, 0.05) is 13.1 Å². The maximum Gasteiger partial charge on any atom is 0.239 e. The molecule has 1 aliphatic heterocycles. The number of nitrogens with two attached hydrogens (primary N) is 1. The molecule has 0 spiro atoms. The van der Waals surface area contributed by atoms with Crippen LogP contribution >= 0.6 is 0 Å². The Bertz CT molecular complexity index is 358. The monoisotopic (exact) mass is 232 g/mol. The summed E-state index contributed by atoms with van der Waals surface area (Å²) >= 11 is 0. The Kier molecular flexibility index (Phi) is 4.15. The van der Waals surface area contributed by atoms with Gasteiger partial charge >= 0.3 is 0 Å². The molecule has 0 bridgehead atoms. The lowest BCUT2D eigenvalue weighted by molar-refractivity contribution is -0.133. The molecule has 1 saturated heterocycles. The Morgan fingerprint density at radius 1 is 1.18 bits per heavy atom. The van der Waals surface area contributed by atoms with Gasteiger partial charge in [0.05, 0.1) is 6.04 Å². The summed E-state index contributed by atoms with van der Waals surface area (Å²) in [7, 11) is 0. The summed E-state index contributed by atoms with van der Waals surface area (Å²) in [5.41, 5.74) is 7.12. The average molecular weight is 232 g/mol. The minimum absolute atomic E-state index is 0.105. The highest BCUT2D eigenvalue weighted by molar-refractivity contribution is 5.82. The van der Waals surface area contributed by atoms with Gasteiger partial charge in [-0.1, -0.05) is 30.3 Å². The van der Waals surface area contributed by atoms with Crippen molar-refractivity contribution in [3.8, 4) is 0 Å². The molecule has 3 heteroatoms. The largest absolute Gasteiger partial charge is 0.341 e. The maximum absolute atomic E-state index is 12.1. The van der Waals surface area contributed by atoms with Crippen LogP contribution < -0.4 is 5.73 Å². The second kappa shape index (κ2) is 5.82. The van der Waals surface area contributed by atoms with Crippen molar-refractivity contribution >= 4 is 5.91 Å². The molecule has 3 nitrogen and oxygen atoms in total. The van der Waals surface area contributed by atoms with Gasteiger partial charge in [-0.3, -0.25) is 4.79 Å². The van der Waals surface area contributed by atoms with Gasteiger partial charge in [0.2, 0.25) is 5.91 Å². The molecule has 1 heterocycles. The van der Waals surface area contributed by atoms with E-state index in [1.807, 2.05) is 35.2 Å². The van der Waals surface area contributed by atoms with Crippen LogP contribution in [0.15, 0.2) is 30.3 Å². The van der Waals surface area contributed by atoms with Gasteiger partial charge in [0.15, 0.2) is 0 Å². The van der Waals surface area contributed by atoms with Crippen molar-refractivity contribution in [1.29, 1.82) is 0 Å². The Hall–Kier alpha value is -1.35. The third kappa shape index (κ3) is 3.30. The van der Waals surface area contributed by atoms with Gasteiger partial charge in [0.25, 0.3) is 0 Å². The van der Waals surface area contributed by atoms with Gasteiger partial charge in [-0.15, -0.1) is 0 Å². The molecule has 0 saturated carbocycles. The number of hydrogen-bond acceptors (Lipinski definition) is 2. The molecule has 0 aliphatic carbocycles. The van der Waals surface area contributed by atoms with Gasteiger partial charge in [-0.2, -0.15) is 0 Å². The topological polar surface area (TPSA) is 46.3 Å². The van der Waals surface area contributed by atoms with Gasteiger partial charge < -0.3 is 10.6 Å². The molecule has 1 aliphatic rings. The number of carbonyl (C=O) groups excluding carboxylic acids is 1. The summed E-state index contributed by atoms with van der Waals surface area (Å²) in [5.74, 6) is 0.105. The first-order chi connectivity index (χ1) is 8.27. The van der Waals surface area contributed by atoms with Gasteiger partial charge in [-0.25, -0.2) is 0 Å². The number of hydrogen-bond donors (Lipinski definition) is 1. The third-order valence-corrected chi connectivity index (χ3v) is 3.28. The zero-order valence-corrected chi connectivity index (χ0v) is 10.1. The van der Waals surface area contributed by atoms with E-state index in [9.17, 15) is 4.79 Å². The van der Waals surface area contributed by atoms with Crippen molar-refractivity contribution in [1.82, 2.24) is 4.90 Å². The van der Waals surface area contributed by atoms with Crippen molar-refractivity contribution in [2.24, 2.45) is 5.73 Å². The number of rotatable bonds is 3. The first kappa shape index (κ1) is 12.1. The van der Waals surface area contributed by atoms with Crippen LogP contribution in [-0.2, 0) is 11.2 Å². The highest BCUT2D eigenvalue weighted by Crippen LogP contribution is 2.11. The van der Waals surface area contributed by atoms with Crippen molar-refractivity contribution in [3.05, 3.63) is 35.9 Å². The molecule has 2 N–H and O–H groups in total. The number of nitrogens with zero attached hydrogens (tertiary/aromatic N) is 1. The van der Waals surface area contributed by atoms with E-state index in [0.29, 0.717) is 6.42 Å². The predicted molar refractivity (Wildman–Crippen MR) is 68.6 cm³/mol. The van der Waals surface area contributed by atoms with Crippen LogP contribution in [0.5, 0.6) is 0 Å². The van der Waals surface area contributed by atoms with Crippen molar-refractivity contribution in [2.75, 3.05) is 13.1 Å². The Balaban J connectivity index is 1.90. The van der Waals surface area contributed by atoms with E-state index in [1.54, 1.807) is 0 Å². The van der Waals surface area contributed by atoms with E-state index < -0.39 is 6.04 Å². The highest BCUT2D eigenvalue weighted by atomic mass is 16.2. The van der Waals surface area contributed by atoms with E-state index >= 15 is 0 Å². The molecule has 0 aromatic heterocycles. The smallest absolute Gasteiger partial charge is 0.239 e. The summed E-state index contributed by atoms with van der Waals surface area (Å²) in [5, 5.41) is 0. The van der Waals surface area contributed by atoms with E-state index in [4.69, 9.17) is 5.73 Å². The average Bonchev–Trinajstić information content (AvgIpc) is 2.40. The van der Waals surface area contributed by atoms with Crippen LogP contribution in [0.2, 0.25) is 0 Å². The number of carbonyl (C=O) groups is 1. The van der Waals surface area contributed by atoms with E-state index in [1.165, 1.54) is 6.42 Å². The standard InChI is InChI=1S/C14H20N2O/c15-13(11-12-7-3-1-4-8-12)14(17)16-9-5-2-6-10-16/h1,3-4,7-8,13H,2,5-6,9-11,15H2/t13-/m1/s1. The van der Waals surface area contributed by atoms with Gasteiger partial charge in [0.1, 0.15) is 0 Å². The molecule has 1 fully saturated rings. The first-order valence-corrected chi connectivity index (χ1v) is 6.35. The van der Waals surface area contributed by atoms with Crippen molar-refractivity contribution < 1.29 is 4.79 Å². The van der Waals surface area contributed by atoms with E-state index in [-0.39, 0.29) is 5.91 Å².